The van der Waals surface area contributed by atoms with Gasteiger partial charge in [0.2, 0.25) is 5.91 Å². The first kappa shape index (κ1) is 11.8. The minimum absolute atomic E-state index is 0.0368. The molecule has 1 saturated heterocycles. The maximum atomic E-state index is 11.8. The SMILES string of the molecule is CNC(=O)C1CCCCN1c1nn(C)cc1N. The number of amides is 1. The Hall–Kier alpha value is -1.72. The molecule has 1 unspecified atom stereocenters. The third-order valence-electron chi connectivity index (χ3n) is 3.16. The van der Waals surface area contributed by atoms with Crippen molar-refractivity contribution in [3.8, 4) is 0 Å². The number of piperidine rings is 1. The van der Waals surface area contributed by atoms with Crippen LogP contribution in [-0.4, -0.2) is 35.3 Å². The molecular formula is C11H19N5O. The predicted molar refractivity (Wildman–Crippen MR) is 66.7 cm³/mol. The number of aromatic nitrogens is 2. The summed E-state index contributed by atoms with van der Waals surface area (Å²) in [5, 5.41) is 7.04. The fourth-order valence-corrected chi connectivity index (χ4v) is 2.34. The van der Waals surface area contributed by atoms with Crippen molar-refractivity contribution in [2.45, 2.75) is 25.3 Å². The molecule has 2 rings (SSSR count). The molecule has 1 aromatic heterocycles. The number of carbonyl (C=O) groups excluding carboxylic acids is 1. The molecule has 1 aliphatic rings. The molecule has 6 nitrogen and oxygen atoms in total. The molecule has 6 heteroatoms. The Kier molecular flexibility index (Phi) is 3.21. The van der Waals surface area contributed by atoms with Gasteiger partial charge >= 0.3 is 0 Å². The van der Waals surface area contributed by atoms with E-state index in [1.165, 1.54) is 0 Å². The first-order valence-electron chi connectivity index (χ1n) is 5.91. The number of rotatable bonds is 2. The zero-order chi connectivity index (χ0) is 12.4. The average Bonchev–Trinajstić information content (AvgIpc) is 2.67. The zero-order valence-electron chi connectivity index (χ0n) is 10.3. The van der Waals surface area contributed by atoms with Gasteiger partial charge in [-0.3, -0.25) is 9.48 Å². The third-order valence-corrected chi connectivity index (χ3v) is 3.16. The minimum Gasteiger partial charge on any atom is -0.394 e. The average molecular weight is 237 g/mol. The number of aryl methyl sites for hydroxylation is 1. The first-order chi connectivity index (χ1) is 8.13. The lowest BCUT2D eigenvalue weighted by Gasteiger charge is -2.34. The largest absolute Gasteiger partial charge is 0.394 e. The van der Waals surface area contributed by atoms with Gasteiger partial charge in [0.25, 0.3) is 0 Å². The Morgan fingerprint density at radius 2 is 2.35 bits per heavy atom. The third kappa shape index (κ3) is 2.20. The summed E-state index contributed by atoms with van der Waals surface area (Å²) in [6, 6.07) is -0.147. The van der Waals surface area contributed by atoms with Crippen LogP contribution in [0.5, 0.6) is 0 Å². The molecule has 17 heavy (non-hydrogen) atoms. The van der Waals surface area contributed by atoms with E-state index in [1.54, 1.807) is 17.9 Å². The lowest BCUT2D eigenvalue weighted by atomic mass is 10.0. The molecule has 0 aliphatic carbocycles. The maximum Gasteiger partial charge on any atom is 0.242 e. The van der Waals surface area contributed by atoms with Crippen molar-refractivity contribution in [1.29, 1.82) is 0 Å². The van der Waals surface area contributed by atoms with Crippen molar-refractivity contribution < 1.29 is 4.79 Å². The molecule has 1 atom stereocenters. The van der Waals surface area contributed by atoms with Gasteiger partial charge in [0.05, 0.1) is 5.69 Å². The van der Waals surface area contributed by atoms with Gasteiger partial charge in [-0.15, -0.1) is 0 Å². The van der Waals surface area contributed by atoms with Crippen molar-refractivity contribution in [1.82, 2.24) is 15.1 Å². The van der Waals surface area contributed by atoms with Crippen molar-refractivity contribution >= 4 is 17.4 Å². The van der Waals surface area contributed by atoms with Crippen molar-refractivity contribution in [3.05, 3.63) is 6.20 Å². The van der Waals surface area contributed by atoms with Crippen LogP contribution < -0.4 is 16.0 Å². The van der Waals surface area contributed by atoms with E-state index in [-0.39, 0.29) is 11.9 Å². The number of nitrogens with two attached hydrogens (primary N) is 1. The number of nitrogens with one attached hydrogen (secondary N) is 1. The van der Waals surface area contributed by atoms with E-state index in [4.69, 9.17) is 5.73 Å². The van der Waals surface area contributed by atoms with Crippen LogP contribution >= 0.6 is 0 Å². The molecule has 0 saturated carbocycles. The van der Waals surface area contributed by atoms with Gasteiger partial charge in [0, 0.05) is 26.8 Å². The standard InChI is InChI=1S/C11H19N5O/c1-13-11(17)9-5-3-4-6-16(9)10-8(12)7-15(2)14-10/h7,9H,3-6,12H2,1-2H3,(H,13,17). The first-order valence-corrected chi connectivity index (χ1v) is 5.91. The number of hydrogen-bond acceptors (Lipinski definition) is 4. The second-order valence-electron chi connectivity index (χ2n) is 4.40. The highest BCUT2D eigenvalue weighted by atomic mass is 16.2. The van der Waals surface area contributed by atoms with E-state index in [0.717, 1.165) is 31.6 Å². The molecule has 1 fully saturated rings. The van der Waals surface area contributed by atoms with Gasteiger partial charge in [0.15, 0.2) is 5.82 Å². The highest BCUT2D eigenvalue weighted by molar-refractivity contribution is 5.86. The van der Waals surface area contributed by atoms with Crippen molar-refractivity contribution in [3.63, 3.8) is 0 Å². The Morgan fingerprint density at radius 1 is 1.59 bits per heavy atom. The zero-order valence-corrected chi connectivity index (χ0v) is 10.3. The second-order valence-corrected chi connectivity index (χ2v) is 4.40. The Bertz CT molecular complexity index is 414. The molecule has 3 N–H and O–H groups in total. The predicted octanol–water partition coefficient (Wildman–Crippen LogP) is 0.107. The summed E-state index contributed by atoms with van der Waals surface area (Å²) < 4.78 is 1.68. The van der Waals surface area contributed by atoms with E-state index in [9.17, 15) is 4.79 Å². The van der Waals surface area contributed by atoms with Crippen LogP contribution in [0.3, 0.4) is 0 Å². The molecule has 0 radical (unpaired) electrons. The molecule has 1 aromatic rings. The summed E-state index contributed by atoms with van der Waals surface area (Å²) in [6.07, 6.45) is 4.77. The topological polar surface area (TPSA) is 76.2 Å². The lowest BCUT2D eigenvalue weighted by molar-refractivity contribution is -0.122. The van der Waals surface area contributed by atoms with E-state index in [1.807, 2.05) is 11.9 Å². The smallest absolute Gasteiger partial charge is 0.242 e. The molecule has 2 heterocycles. The van der Waals surface area contributed by atoms with Crippen LogP contribution in [0.1, 0.15) is 19.3 Å². The fraction of sp³-hybridized carbons (Fsp3) is 0.636. The van der Waals surface area contributed by atoms with Crippen molar-refractivity contribution in [2.24, 2.45) is 7.05 Å². The van der Waals surface area contributed by atoms with Crippen LogP contribution in [0.2, 0.25) is 0 Å². The molecule has 0 bridgehead atoms. The lowest BCUT2D eigenvalue weighted by Crippen LogP contribution is -2.49. The summed E-state index contributed by atoms with van der Waals surface area (Å²) in [5.74, 6) is 0.760. The van der Waals surface area contributed by atoms with Crippen LogP contribution in [-0.2, 0) is 11.8 Å². The molecule has 94 valence electrons. The van der Waals surface area contributed by atoms with E-state index >= 15 is 0 Å². The number of nitrogens with zero attached hydrogens (tertiary/aromatic N) is 3. The number of nitrogen functional groups attached to an aromatic ring is 1. The molecule has 1 aliphatic heterocycles. The highest BCUT2D eigenvalue weighted by Crippen LogP contribution is 2.27. The van der Waals surface area contributed by atoms with Gasteiger partial charge in [-0.05, 0) is 19.3 Å². The minimum atomic E-state index is -0.147. The number of anilines is 2. The summed E-state index contributed by atoms with van der Waals surface area (Å²) >= 11 is 0. The van der Waals surface area contributed by atoms with Crippen LogP contribution in [0, 0.1) is 0 Å². The van der Waals surface area contributed by atoms with E-state index < -0.39 is 0 Å². The summed E-state index contributed by atoms with van der Waals surface area (Å²) in [5.41, 5.74) is 6.55. The van der Waals surface area contributed by atoms with E-state index in [2.05, 4.69) is 10.4 Å². The summed E-state index contributed by atoms with van der Waals surface area (Å²) in [7, 11) is 3.50. The van der Waals surface area contributed by atoms with Gasteiger partial charge in [-0.2, -0.15) is 5.10 Å². The quantitative estimate of drug-likeness (QED) is 0.765. The Labute approximate surface area is 101 Å². The number of likely N-dealkylation sites (N-methyl/N-ethyl adjacent to an activating group) is 1. The molecule has 1 amide bonds. The summed E-state index contributed by atoms with van der Waals surface area (Å²) in [4.78, 5) is 13.9. The van der Waals surface area contributed by atoms with Crippen LogP contribution in [0.15, 0.2) is 6.20 Å². The highest BCUT2D eigenvalue weighted by Gasteiger charge is 2.30. The Morgan fingerprint density at radius 3 is 2.94 bits per heavy atom. The molecule has 0 spiro atoms. The van der Waals surface area contributed by atoms with Crippen molar-refractivity contribution in [2.75, 3.05) is 24.2 Å². The monoisotopic (exact) mass is 237 g/mol. The van der Waals surface area contributed by atoms with E-state index in [0.29, 0.717) is 5.69 Å². The second kappa shape index (κ2) is 4.65. The fourth-order valence-electron chi connectivity index (χ4n) is 2.34. The number of carbonyl (C=O) groups is 1. The van der Waals surface area contributed by atoms with Gasteiger partial charge in [-0.1, -0.05) is 0 Å². The van der Waals surface area contributed by atoms with Crippen LogP contribution in [0.4, 0.5) is 11.5 Å². The maximum absolute atomic E-state index is 11.8. The van der Waals surface area contributed by atoms with Gasteiger partial charge < -0.3 is 16.0 Å². The Balaban J connectivity index is 2.27. The normalized spacial score (nSPS) is 20.4. The van der Waals surface area contributed by atoms with Crippen LogP contribution in [0.25, 0.3) is 0 Å². The van der Waals surface area contributed by atoms with Gasteiger partial charge in [-0.25, -0.2) is 0 Å². The molecule has 0 aromatic carbocycles. The summed E-state index contributed by atoms with van der Waals surface area (Å²) in [6.45, 7) is 0.833. The van der Waals surface area contributed by atoms with Gasteiger partial charge in [0.1, 0.15) is 6.04 Å². The number of hydrogen-bond donors (Lipinski definition) is 2. The molecular weight excluding hydrogens is 218 g/mol.